The molecule has 0 aliphatic carbocycles. The van der Waals surface area contributed by atoms with Gasteiger partial charge in [-0.15, -0.1) is 0 Å². The highest BCUT2D eigenvalue weighted by molar-refractivity contribution is 5.50. The minimum atomic E-state index is -0.353. The van der Waals surface area contributed by atoms with Crippen LogP contribution >= 0.6 is 0 Å². The minimum absolute atomic E-state index is 0.150. The first-order chi connectivity index (χ1) is 10.1. The number of ether oxygens (including phenoxy) is 1. The summed E-state index contributed by atoms with van der Waals surface area (Å²) in [5.41, 5.74) is 2.67. The standard InChI is InChI=1S/C16H18N2O3/c1-3-21-15-8-5-7-14(10-15)17-11-13-6-4-9-16(12(13)2)18(19)20/h4-10,17H,3,11H2,1-2H3. The van der Waals surface area contributed by atoms with Crippen LogP contribution in [0.1, 0.15) is 18.1 Å². The van der Waals surface area contributed by atoms with Crippen LogP contribution in [0.5, 0.6) is 5.75 Å². The van der Waals surface area contributed by atoms with Crippen LogP contribution in [-0.4, -0.2) is 11.5 Å². The van der Waals surface area contributed by atoms with Crippen molar-refractivity contribution in [3.63, 3.8) is 0 Å². The van der Waals surface area contributed by atoms with Crippen molar-refractivity contribution in [1.29, 1.82) is 0 Å². The van der Waals surface area contributed by atoms with E-state index < -0.39 is 0 Å². The van der Waals surface area contributed by atoms with Crippen molar-refractivity contribution >= 4 is 11.4 Å². The molecule has 0 fully saturated rings. The van der Waals surface area contributed by atoms with Crippen LogP contribution in [0.4, 0.5) is 11.4 Å². The summed E-state index contributed by atoms with van der Waals surface area (Å²) >= 11 is 0. The Hall–Kier alpha value is -2.56. The van der Waals surface area contributed by atoms with Crippen LogP contribution in [-0.2, 0) is 6.54 Å². The van der Waals surface area contributed by atoms with Gasteiger partial charge in [-0.25, -0.2) is 0 Å². The van der Waals surface area contributed by atoms with Crippen molar-refractivity contribution in [3.05, 3.63) is 63.7 Å². The van der Waals surface area contributed by atoms with Crippen molar-refractivity contribution in [2.24, 2.45) is 0 Å². The molecule has 0 aliphatic rings. The van der Waals surface area contributed by atoms with E-state index in [4.69, 9.17) is 4.74 Å². The molecule has 2 aromatic carbocycles. The number of nitrogens with one attached hydrogen (secondary N) is 1. The third kappa shape index (κ3) is 3.72. The van der Waals surface area contributed by atoms with Gasteiger partial charge in [0.2, 0.25) is 0 Å². The van der Waals surface area contributed by atoms with E-state index in [0.29, 0.717) is 18.7 Å². The van der Waals surface area contributed by atoms with Gasteiger partial charge < -0.3 is 10.1 Å². The number of nitrogens with zero attached hydrogens (tertiary/aromatic N) is 1. The number of rotatable bonds is 6. The molecule has 110 valence electrons. The molecule has 0 unspecified atom stereocenters. The minimum Gasteiger partial charge on any atom is -0.494 e. The lowest BCUT2D eigenvalue weighted by molar-refractivity contribution is -0.385. The molecule has 0 aliphatic heterocycles. The Kier molecular flexibility index (Phi) is 4.77. The fourth-order valence-corrected chi connectivity index (χ4v) is 2.12. The van der Waals surface area contributed by atoms with Gasteiger partial charge in [-0.05, 0) is 31.5 Å². The molecule has 0 heterocycles. The lowest BCUT2D eigenvalue weighted by Gasteiger charge is -2.10. The van der Waals surface area contributed by atoms with Gasteiger partial charge >= 0.3 is 0 Å². The molecule has 21 heavy (non-hydrogen) atoms. The molecule has 1 N–H and O–H groups in total. The van der Waals surface area contributed by atoms with E-state index in [1.807, 2.05) is 37.3 Å². The number of nitro benzene ring substituents is 1. The molecule has 0 bridgehead atoms. The lowest BCUT2D eigenvalue weighted by Crippen LogP contribution is -2.03. The highest BCUT2D eigenvalue weighted by Gasteiger charge is 2.12. The number of hydrogen-bond acceptors (Lipinski definition) is 4. The zero-order valence-corrected chi connectivity index (χ0v) is 12.1. The molecule has 0 saturated heterocycles. The van der Waals surface area contributed by atoms with Gasteiger partial charge in [-0.1, -0.05) is 18.2 Å². The monoisotopic (exact) mass is 286 g/mol. The van der Waals surface area contributed by atoms with Crippen LogP contribution in [0.15, 0.2) is 42.5 Å². The number of anilines is 1. The molecule has 2 aromatic rings. The van der Waals surface area contributed by atoms with Crippen molar-refractivity contribution in [1.82, 2.24) is 0 Å². The average molecular weight is 286 g/mol. The van der Waals surface area contributed by atoms with E-state index in [1.165, 1.54) is 6.07 Å². The molecule has 0 saturated carbocycles. The Bertz CT molecular complexity index is 641. The molecular weight excluding hydrogens is 268 g/mol. The predicted molar refractivity (Wildman–Crippen MR) is 82.8 cm³/mol. The summed E-state index contributed by atoms with van der Waals surface area (Å²) < 4.78 is 5.44. The molecule has 0 aromatic heterocycles. The van der Waals surface area contributed by atoms with E-state index in [0.717, 1.165) is 17.0 Å². The van der Waals surface area contributed by atoms with Crippen molar-refractivity contribution in [3.8, 4) is 5.75 Å². The third-order valence-corrected chi connectivity index (χ3v) is 3.24. The fraction of sp³-hybridized carbons (Fsp3) is 0.250. The second-order valence-electron chi connectivity index (χ2n) is 4.63. The van der Waals surface area contributed by atoms with Crippen LogP contribution in [0.25, 0.3) is 0 Å². The highest BCUT2D eigenvalue weighted by atomic mass is 16.6. The number of hydrogen-bond donors (Lipinski definition) is 1. The van der Waals surface area contributed by atoms with Crippen LogP contribution < -0.4 is 10.1 Å². The first-order valence-electron chi connectivity index (χ1n) is 6.81. The second kappa shape index (κ2) is 6.74. The van der Waals surface area contributed by atoms with Gasteiger partial charge in [-0.3, -0.25) is 10.1 Å². The number of benzene rings is 2. The smallest absolute Gasteiger partial charge is 0.272 e. The molecule has 0 amide bonds. The Balaban J connectivity index is 2.11. The van der Waals surface area contributed by atoms with Gasteiger partial charge in [0, 0.05) is 29.9 Å². The third-order valence-electron chi connectivity index (χ3n) is 3.24. The van der Waals surface area contributed by atoms with Crippen LogP contribution in [0.3, 0.4) is 0 Å². The lowest BCUT2D eigenvalue weighted by atomic mass is 10.1. The molecule has 2 rings (SSSR count). The summed E-state index contributed by atoms with van der Waals surface area (Å²) in [5.74, 6) is 0.804. The summed E-state index contributed by atoms with van der Waals surface area (Å²) in [5, 5.41) is 14.2. The Morgan fingerprint density at radius 1 is 1.24 bits per heavy atom. The highest BCUT2D eigenvalue weighted by Crippen LogP contribution is 2.23. The maximum Gasteiger partial charge on any atom is 0.272 e. The second-order valence-corrected chi connectivity index (χ2v) is 4.63. The molecule has 5 nitrogen and oxygen atoms in total. The van der Waals surface area contributed by atoms with E-state index in [2.05, 4.69) is 5.32 Å². The topological polar surface area (TPSA) is 64.4 Å². The maximum atomic E-state index is 10.9. The number of nitro groups is 1. The van der Waals surface area contributed by atoms with Gasteiger partial charge in [0.05, 0.1) is 11.5 Å². The first-order valence-corrected chi connectivity index (χ1v) is 6.81. The molecule has 0 radical (unpaired) electrons. The molecule has 0 spiro atoms. The molecule has 0 atom stereocenters. The van der Waals surface area contributed by atoms with Gasteiger partial charge in [0.15, 0.2) is 0 Å². The molecular formula is C16H18N2O3. The Morgan fingerprint density at radius 3 is 2.71 bits per heavy atom. The van der Waals surface area contributed by atoms with Crippen molar-refractivity contribution < 1.29 is 9.66 Å². The quantitative estimate of drug-likeness (QED) is 0.646. The van der Waals surface area contributed by atoms with E-state index in [9.17, 15) is 10.1 Å². The largest absolute Gasteiger partial charge is 0.494 e. The van der Waals surface area contributed by atoms with Crippen molar-refractivity contribution in [2.45, 2.75) is 20.4 Å². The van der Waals surface area contributed by atoms with Crippen molar-refractivity contribution in [2.75, 3.05) is 11.9 Å². The normalized spacial score (nSPS) is 10.2. The van der Waals surface area contributed by atoms with Gasteiger partial charge in [-0.2, -0.15) is 0 Å². The van der Waals surface area contributed by atoms with E-state index >= 15 is 0 Å². The molecule has 5 heteroatoms. The summed E-state index contributed by atoms with van der Waals surface area (Å²) in [6.07, 6.45) is 0. The SMILES string of the molecule is CCOc1cccc(NCc2cccc([N+](=O)[O-])c2C)c1. The maximum absolute atomic E-state index is 10.9. The first kappa shape index (κ1) is 14.8. The van der Waals surface area contributed by atoms with Crippen LogP contribution in [0.2, 0.25) is 0 Å². The zero-order valence-electron chi connectivity index (χ0n) is 12.1. The summed E-state index contributed by atoms with van der Waals surface area (Å²) in [6, 6.07) is 12.8. The zero-order chi connectivity index (χ0) is 15.2. The Labute approximate surface area is 123 Å². The van der Waals surface area contributed by atoms with Gasteiger partial charge in [0.25, 0.3) is 5.69 Å². The summed E-state index contributed by atoms with van der Waals surface area (Å²) in [4.78, 5) is 10.6. The fourth-order valence-electron chi connectivity index (χ4n) is 2.12. The predicted octanol–water partition coefficient (Wildman–Crippen LogP) is 3.91. The average Bonchev–Trinajstić information content (AvgIpc) is 2.46. The van der Waals surface area contributed by atoms with E-state index in [-0.39, 0.29) is 10.6 Å². The van der Waals surface area contributed by atoms with E-state index in [1.54, 1.807) is 13.0 Å². The van der Waals surface area contributed by atoms with Crippen LogP contribution in [0, 0.1) is 17.0 Å². The van der Waals surface area contributed by atoms with Gasteiger partial charge in [0.1, 0.15) is 5.75 Å². The Morgan fingerprint density at radius 2 is 2.00 bits per heavy atom. The summed E-state index contributed by atoms with van der Waals surface area (Å²) in [7, 11) is 0. The summed E-state index contributed by atoms with van der Waals surface area (Å²) in [6.45, 7) is 4.86.